The molecule has 1 saturated heterocycles. The van der Waals surface area contributed by atoms with Gasteiger partial charge in [0.05, 0.1) is 6.61 Å². The number of carbonyl (C=O) groups excluding carboxylic acids is 3. The van der Waals surface area contributed by atoms with E-state index in [0.29, 0.717) is 38.7 Å². The van der Waals surface area contributed by atoms with Crippen LogP contribution in [0.1, 0.15) is 12.5 Å². The van der Waals surface area contributed by atoms with Gasteiger partial charge in [-0.05, 0) is 42.8 Å². The molecule has 3 N–H and O–H groups in total. The summed E-state index contributed by atoms with van der Waals surface area (Å²) in [6.07, 6.45) is 1.39. The number of aliphatic carboxylic acids is 1. The molecule has 2 aromatic rings. The molecule has 1 heterocycles. The smallest absolute Gasteiger partial charge is 0.329 e. The lowest BCUT2D eigenvalue weighted by Crippen LogP contribution is -2.35. The molecule has 0 spiro atoms. The number of nitrogens with one attached hydrogen (secondary N) is 2. The number of ether oxygens (including phenoxy) is 2. The van der Waals surface area contributed by atoms with E-state index in [4.69, 9.17) is 14.6 Å². The quantitative estimate of drug-likeness (QED) is 0.343. The van der Waals surface area contributed by atoms with E-state index in [1.54, 1.807) is 43.3 Å². The molecule has 0 aromatic heterocycles. The Hall–Kier alpha value is -3.86. The maximum atomic E-state index is 12.4. The van der Waals surface area contributed by atoms with Crippen molar-refractivity contribution in [1.29, 1.82) is 0 Å². The number of benzene rings is 2. The van der Waals surface area contributed by atoms with Crippen molar-refractivity contribution in [3.05, 3.63) is 58.2 Å². The summed E-state index contributed by atoms with van der Waals surface area (Å²) in [7, 11) is 0. The topological polar surface area (TPSA) is 134 Å². The summed E-state index contributed by atoms with van der Waals surface area (Å²) < 4.78 is 11.7. The second kappa shape index (κ2) is 10.6. The van der Waals surface area contributed by atoms with Gasteiger partial charge in [0.15, 0.2) is 18.1 Å². The first-order chi connectivity index (χ1) is 15.8. The second-order valence-corrected chi connectivity index (χ2v) is 7.58. The molecular weight excluding hydrogens is 498 g/mol. The average molecular weight is 518 g/mol. The Bertz CT molecular complexity index is 1120. The van der Waals surface area contributed by atoms with Crippen LogP contribution in [0.5, 0.6) is 11.5 Å². The third-order valence-electron chi connectivity index (χ3n) is 4.33. The van der Waals surface area contributed by atoms with Crippen LogP contribution in [0.15, 0.2) is 52.6 Å². The first-order valence-electron chi connectivity index (χ1n) is 9.79. The molecular formula is C22H20BrN3O7. The van der Waals surface area contributed by atoms with Crippen molar-refractivity contribution in [2.24, 2.45) is 0 Å². The minimum Gasteiger partial charge on any atom is -0.490 e. The third-order valence-corrected chi connectivity index (χ3v) is 5.02. The Balaban J connectivity index is 1.77. The molecule has 4 amide bonds. The molecule has 3 rings (SSSR count). The number of halogens is 1. The summed E-state index contributed by atoms with van der Waals surface area (Å²) in [6.45, 7) is 1.08. The first kappa shape index (κ1) is 23.8. The van der Waals surface area contributed by atoms with Crippen LogP contribution >= 0.6 is 15.9 Å². The van der Waals surface area contributed by atoms with Crippen molar-refractivity contribution in [3.8, 4) is 11.5 Å². The molecule has 11 heteroatoms. The van der Waals surface area contributed by atoms with Gasteiger partial charge in [-0.2, -0.15) is 0 Å². The van der Waals surface area contributed by atoms with E-state index < -0.39 is 24.5 Å². The minimum atomic E-state index is -1.31. The lowest BCUT2D eigenvalue weighted by atomic mass is 10.1. The predicted octanol–water partition coefficient (Wildman–Crippen LogP) is 2.84. The number of imide groups is 1. The van der Waals surface area contributed by atoms with E-state index in [2.05, 4.69) is 26.6 Å². The van der Waals surface area contributed by atoms with Crippen LogP contribution in [0.3, 0.4) is 0 Å². The SMILES string of the molecule is CCOc1cc(/C=C2/NC(=O)N(CC(=O)O)C2=O)c(Br)cc1OCC(=O)Nc1ccccc1. The van der Waals surface area contributed by atoms with Crippen molar-refractivity contribution in [2.45, 2.75) is 6.92 Å². The summed E-state index contributed by atoms with van der Waals surface area (Å²) in [5, 5.41) is 13.9. The maximum absolute atomic E-state index is 12.4. The van der Waals surface area contributed by atoms with Crippen LogP contribution < -0.4 is 20.1 Å². The van der Waals surface area contributed by atoms with Gasteiger partial charge in [0, 0.05) is 10.2 Å². The molecule has 0 radical (unpaired) electrons. The maximum Gasteiger partial charge on any atom is 0.329 e. The summed E-state index contributed by atoms with van der Waals surface area (Å²) in [6, 6.07) is 11.3. The number of anilines is 1. The lowest BCUT2D eigenvalue weighted by Gasteiger charge is -2.14. The number of carboxylic acids is 1. The fraction of sp³-hybridized carbons (Fsp3) is 0.182. The highest BCUT2D eigenvalue weighted by Crippen LogP contribution is 2.35. The zero-order chi connectivity index (χ0) is 24.0. The van der Waals surface area contributed by atoms with E-state index in [0.717, 1.165) is 0 Å². The first-order valence-corrected chi connectivity index (χ1v) is 10.6. The van der Waals surface area contributed by atoms with Gasteiger partial charge in [-0.3, -0.25) is 14.4 Å². The Kier molecular flexibility index (Phi) is 7.67. The number of carbonyl (C=O) groups is 4. The molecule has 0 bridgehead atoms. The molecule has 2 aromatic carbocycles. The van der Waals surface area contributed by atoms with Crippen LogP contribution in [0.25, 0.3) is 6.08 Å². The molecule has 0 unspecified atom stereocenters. The van der Waals surface area contributed by atoms with Crippen molar-refractivity contribution in [2.75, 3.05) is 25.1 Å². The zero-order valence-electron chi connectivity index (χ0n) is 17.5. The van der Waals surface area contributed by atoms with Crippen molar-refractivity contribution in [3.63, 3.8) is 0 Å². The Morgan fingerprint density at radius 1 is 1.15 bits per heavy atom. The molecule has 172 valence electrons. The van der Waals surface area contributed by atoms with Gasteiger partial charge in [0.2, 0.25) is 0 Å². The monoisotopic (exact) mass is 517 g/mol. The fourth-order valence-electron chi connectivity index (χ4n) is 2.91. The number of amides is 4. The second-order valence-electron chi connectivity index (χ2n) is 6.73. The third kappa shape index (κ3) is 6.10. The summed E-state index contributed by atoms with van der Waals surface area (Å²) in [4.78, 5) is 47.9. The van der Waals surface area contributed by atoms with Gasteiger partial charge in [-0.25, -0.2) is 9.69 Å². The highest BCUT2D eigenvalue weighted by atomic mass is 79.9. The Morgan fingerprint density at radius 2 is 1.85 bits per heavy atom. The van der Waals surface area contributed by atoms with Crippen molar-refractivity contribution in [1.82, 2.24) is 10.2 Å². The minimum absolute atomic E-state index is 0.0831. The molecule has 10 nitrogen and oxygen atoms in total. The average Bonchev–Trinajstić information content (AvgIpc) is 3.02. The number of nitrogens with zero attached hydrogens (tertiary/aromatic N) is 1. The Labute approximate surface area is 197 Å². The van der Waals surface area contributed by atoms with Gasteiger partial charge in [0.1, 0.15) is 12.2 Å². The highest BCUT2D eigenvalue weighted by molar-refractivity contribution is 9.10. The standard InChI is InChI=1S/C22H20BrN3O7/c1-2-32-17-9-13(8-16-21(30)26(11-20(28)29)22(31)25-16)15(23)10-18(17)33-12-19(27)24-14-6-4-3-5-7-14/h3-10H,2,11-12H2,1H3,(H,24,27)(H,25,31)(H,28,29)/b16-8+. The molecule has 33 heavy (non-hydrogen) atoms. The van der Waals surface area contributed by atoms with Crippen LogP contribution in [-0.2, 0) is 14.4 Å². The number of rotatable bonds is 9. The lowest BCUT2D eigenvalue weighted by molar-refractivity contribution is -0.140. The molecule has 0 atom stereocenters. The van der Waals surface area contributed by atoms with E-state index >= 15 is 0 Å². The van der Waals surface area contributed by atoms with Crippen LogP contribution in [-0.4, -0.2) is 53.6 Å². The molecule has 1 fully saturated rings. The zero-order valence-corrected chi connectivity index (χ0v) is 19.0. The van der Waals surface area contributed by atoms with Gasteiger partial charge < -0.3 is 25.2 Å². The number of hydrogen-bond acceptors (Lipinski definition) is 6. The molecule has 1 aliphatic rings. The van der Waals surface area contributed by atoms with Gasteiger partial charge >= 0.3 is 12.0 Å². The fourth-order valence-corrected chi connectivity index (χ4v) is 3.35. The molecule has 1 aliphatic heterocycles. The number of para-hydroxylation sites is 1. The normalized spacial score (nSPS) is 14.2. The van der Waals surface area contributed by atoms with Crippen LogP contribution in [0, 0.1) is 0 Å². The highest BCUT2D eigenvalue weighted by Gasteiger charge is 2.35. The van der Waals surface area contributed by atoms with Crippen LogP contribution in [0.4, 0.5) is 10.5 Å². The van der Waals surface area contributed by atoms with E-state index in [9.17, 15) is 19.2 Å². The van der Waals surface area contributed by atoms with Crippen LogP contribution in [0.2, 0.25) is 0 Å². The van der Waals surface area contributed by atoms with E-state index in [-0.39, 0.29) is 18.2 Å². The largest absolute Gasteiger partial charge is 0.490 e. The predicted molar refractivity (Wildman–Crippen MR) is 122 cm³/mol. The Morgan fingerprint density at radius 3 is 2.52 bits per heavy atom. The molecule has 0 aliphatic carbocycles. The van der Waals surface area contributed by atoms with Gasteiger partial charge in [0.25, 0.3) is 11.8 Å². The number of hydrogen-bond donors (Lipinski definition) is 3. The summed E-state index contributed by atoms with van der Waals surface area (Å²) >= 11 is 3.38. The van der Waals surface area contributed by atoms with Crippen molar-refractivity contribution >= 4 is 51.5 Å². The summed E-state index contributed by atoms with van der Waals surface area (Å²) in [5.74, 6) is -1.81. The molecule has 0 saturated carbocycles. The number of urea groups is 1. The van der Waals surface area contributed by atoms with E-state index in [1.165, 1.54) is 6.08 Å². The number of carboxylic acid groups (broad SMARTS) is 1. The van der Waals surface area contributed by atoms with Gasteiger partial charge in [-0.1, -0.05) is 34.1 Å². The van der Waals surface area contributed by atoms with E-state index in [1.807, 2.05) is 6.07 Å². The summed E-state index contributed by atoms with van der Waals surface area (Å²) in [5.41, 5.74) is 1.03. The van der Waals surface area contributed by atoms with Gasteiger partial charge in [-0.15, -0.1) is 0 Å². The van der Waals surface area contributed by atoms with Crippen molar-refractivity contribution < 1.29 is 33.8 Å².